The Morgan fingerprint density at radius 1 is 1.33 bits per heavy atom. The molecule has 96 valence electrons. The van der Waals surface area contributed by atoms with E-state index < -0.39 is 0 Å². The first-order valence-electron chi connectivity index (χ1n) is 6.59. The van der Waals surface area contributed by atoms with Crippen LogP contribution in [0, 0.1) is 0 Å². The topological polar surface area (TPSA) is 34.4 Å². The fourth-order valence-corrected chi connectivity index (χ4v) is 2.14. The van der Waals surface area contributed by atoms with Gasteiger partial charge >= 0.3 is 0 Å². The SMILES string of the molecule is COCCc1ccc2oc(CNC3CC3)cc2c1. The third-order valence-electron chi connectivity index (χ3n) is 3.37. The number of fused-ring (bicyclic) bond motifs is 1. The van der Waals surface area contributed by atoms with Crippen molar-refractivity contribution in [1.29, 1.82) is 0 Å². The van der Waals surface area contributed by atoms with Crippen LogP contribution in [0.1, 0.15) is 24.2 Å². The highest BCUT2D eigenvalue weighted by Gasteiger charge is 2.20. The van der Waals surface area contributed by atoms with E-state index in [2.05, 4.69) is 29.6 Å². The molecule has 0 spiro atoms. The molecule has 3 nitrogen and oxygen atoms in total. The van der Waals surface area contributed by atoms with Crippen molar-refractivity contribution >= 4 is 11.0 Å². The largest absolute Gasteiger partial charge is 0.460 e. The first-order valence-corrected chi connectivity index (χ1v) is 6.59. The van der Waals surface area contributed by atoms with Crippen LogP contribution < -0.4 is 5.32 Å². The lowest BCUT2D eigenvalue weighted by Crippen LogP contribution is -2.14. The smallest absolute Gasteiger partial charge is 0.134 e. The normalized spacial score (nSPS) is 15.4. The predicted octanol–water partition coefficient (Wildman–Crippen LogP) is 2.87. The van der Waals surface area contributed by atoms with Gasteiger partial charge in [-0.2, -0.15) is 0 Å². The molecule has 0 radical (unpaired) electrons. The lowest BCUT2D eigenvalue weighted by Gasteiger charge is -1.99. The van der Waals surface area contributed by atoms with Crippen molar-refractivity contribution in [2.75, 3.05) is 13.7 Å². The number of furan rings is 1. The van der Waals surface area contributed by atoms with E-state index in [9.17, 15) is 0 Å². The standard InChI is InChI=1S/C15H19NO2/c1-17-7-6-11-2-5-15-12(8-11)9-14(18-15)10-16-13-3-4-13/h2,5,8-9,13,16H,3-4,6-7,10H2,1H3. The van der Waals surface area contributed by atoms with E-state index in [0.29, 0.717) is 0 Å². The van der Waals surface area contributed by atoms with Crippen LogP contribution in [-0.4, -0.2) is 19.8 Å². The second kappa shape index (κ2) is 5.12. The molecule has 1 aliphatic rings. The van der Waals surface area contributed by atoms with Gasteiger partial charge in [0, 0.05) is 18.5 Å². The summed E-state index contributed by atoms with van der Waals surface area (Å²) in [5.74, 6) is 1.03. The maximum atomic E-state index is 5.81. The Balaban J connectivity index is 1.73. The van der Waals surface area contributed by atoms with E-state index in [4.69, 9.17) is 9.15 Å². The molecule has 0 atom stereocenters. The summed E-state index contributed by atoms with van der Waals surface area (Å²) in [6.07, 6.45) is 3.57. The summed E-state index contributed by atoms with van der Waals surface area (Å²) in [5, 5.41) is 4.66. The van der Waals surface area contributed by atoms with Gasteiger partial charge in [0.05, 0.1) is 13.2 Å². The molecule has 1 aromatic heterocycles. The van der Waals surface area contributed by atoms with Crippen molar-refractivity contribution < 1.29 is 9.15 Å². The minimum atomic E-state index is 0.718. The zero-order valence-electron chi connectivity index (χ0n) is 10.7. The first kappa shape index (κ1) is 11.8. The summed E-state index contributed by atoms with van der Waals surface area (Å²) in [5.41, 5.74) is 2.27. The van der Waals surface area contributed by atoms with E-state index in [1.165, 1.54) is 23.8 Å². The molecule has 3 rings (SSSR count). The Kier molecular flexibility index (Phi) is 3.35. The van der Waals surface area contributed by atoms with Crippen molar-refractivity contribution in [1.82, 2.24) is 5.32 Å². The average Bonchev–Trinajstić information content (AvgIpc) is 3.12. The van der Waals surface area contributed by atoms with Crippen LogP contribution in [0.4, 0.5) is 0 Å². The Bertz CT molecular complexity index is 528. The zero-order valence-corrected chi connectivity index (χ0v) is 10.7. The summed E-state index contributed by atoms with van der Waals surface area (Å²) in [6, 6.07) is 9.22. The fourth-order valence-electron chi connectivity index (χ4n) is 2.14. The molecule has 0 saturated heterocycles. The minimum absolute atomic E-state index is 0.718. The molecule has 0 aliphatic heterocycles. The number of hydrogen-bond donors (Lipinski definition) is 1. The van der Waals surface area contributed by atoms with E-state index in [-0.39, 0.29) is 0 Å². The highest BCUT2D eigenvalue weighted by Crippen LogP contribution is 2.23. The number of nitrogens with one attached hydrogen (secondary N) is 1. The van der Waals surface area contributed by atoms with Crippen LogP contribution in [0.2, 0.25) is 0 Å². The van der Waals surface area contributed by atoms with E-state index in [0.717, 1.165) is 37.0 Å². The number of rotatable bonds is 6. The zero-order chi connectivity index (χ0) is 12.4. The van der Waals surface area contributed by atoms with Crippen LogP contribution in [0.15, 0.2) is 28.7 Å². The van der Waals surface area contributed by atoms with Gasteiger partial charge in [0.1, 0.15) is 11.3 Å². The molecule has 1 aromatic carbocycles. The quantitative estimate of drug-likeness (QED) is 0.849. The van der Waals surface area contributed by atoms with Crippen molar-refractivity contribution in [2.24, 2.45) is 0 Å². The molecule has 0 bridgehead atoms. The van der Waals surface area contributed by atoms with Crippen LogP contribution in [0.25, 0.3) is 11.0 Å². The Morgan fingerprint density at radius 3 is 3.00 bits per heavy atom. The van der Waals surface area contributed by atoms with Crippen molar-refractivity contribution in [3.63, 3.8) is 0 Å². The highest BCUT2D eigenvalue weighted by atomic mass is 16.5. The fraction of sp³-hybridized carbons (Fsp3) is 0.467. The molecule has 2 aromatic rings. The number of methoxy groups -OCH3 is 1. The van der Waals surface area contributed by atoms with Gasteiger partial charge in [-0.1, -0.05) is 6.07 Å². The van der Waals surface area contributed by atoms with Crippen LogP contribution >= 0.6 is 0 Å². The van der Waals surface area contributed by atoms with Gasteiger partial charge in [-0.15, -0.1) is 0 Å². The molecular weight excluding hydrogens is 226 g/mol. The lowest BCUT2D eigenvalue weighted by molar-refractivity contribution is 0.202. The Hall–Kier alpha value is -1.32. The van der Waals surface area contributed by atoms with E-state index in [1.54, 1.807) is 7.11 Å². The molecule has 1 heterocycles. The summed E-state index contributed by atoms with van der Waals surface area (Å²) < 4.78 is 10.9. The number of hydrogen-bond acceptors (Lipinski definition) is 3. The second-order valence-electron chi connectivity index (χ2n) is 4.98. The lowest BCUT2D eigenvalue weighted by atomic mass is 10.1. The molecule has 1 saturated carbocycles. The summed E-state index contributed by atoms with van der Waals surface area (Å²) in [7, 11) is 1.73. The minimum Gasteiger partial charge on any atom is -0.460 e. The highest BCUT2D eigenvalue weighted by molar-refractivity contribution is 5.78. The molecule has 0 unspecified atom stereocenters. The van der Waals surface area contributed by atoms with Gasteiger partial charge in [-0.25, -0.2) is 0 Å². The van der Waals surface area contributed by atoms with Crippen molar-refractivity contribution in [3.8, 4) is 0 Å². The van der Waals surface area contributed by atoms with E-state index >= 15 is 0 Å². The van der Waals surface area contributed by atoms with Crippen molar-refractivity contribution in [2.45, 2.75) is 31.8 Å². The Morgan fingerprint density at radius 2 is 2.22 bits per heavy atom. The summed E-state index contributed by atoms with van der Waals surface area (Å²) >= 11 is 0. The maximum Gasteiger partial charge on any atom is 0.134 e. The molecule has 1 N–H and O–H groups in total. The molecule has 0 amide bonds. The summed E-state index contributed by atoms with van der Waals surface area (Å²) in [4.78, 5) is 0. The average molecular weight is 245 g/mol. The van der Waals surface area contributed by atoms with Gasteiger partial charge in [-0.05, 0) is 43.0 Å². The van der Waals surface area contributed by atoms with Crippen LogP contribution in [0.3, 0.4) is 0 Å². The molecular formula is C15H19NO2. The number of ether oxygens (including phenoxy) is 1. The van der Waals surface area contributed by atoms with Gasteiger partial charge in [-0.3, -0.25) is 0 Å². The molecule has 1 fully saturated rings. The van der Waals surface area contributed by atoms with Crippen molar-refractivity contribution in [3.05, 3.63) is 35.6 Å². The van der Waals surface area contributed by atoms with Crippen LogP contribution in [0.5, 0.6) is 0 Å². The first-order chi connectivity index (χ1) is 8.85. The van der Waals surface area contributed by atoms with Crippen LogP contribution in [-0.2, 0) is 17.7 Å². The van der Waals surface area contributed by atoms with Gasteiger partial charge in [0.2, 0.25) is 0 Å². The third-order valence-corrected chi connectivity index (χ3v) is 3.37. The molecule has 18 heavy (non-hydrogen) atoms. The molecule has 1 aliphatic carbocycles. The third kappa shape index (κ3) is 2.74. The molecule has 3 heteroatoms. The monoisotopic (exact) mass is 245 g/mol. The van der Waals surface area contributed by atoms with Gasteiger partial charge in [0.15, 0.2) is 0 Å². The van der Waals surface area contributed by atoms with E-state index in [1.807, 2.05) is 0 Å². The number of benzene rings is 1. The van der Waals surface area contributed by atoms with Gasteiger partial charge in [0.25, 0.3) is 0 Å². The Labute approximate surface area is 107 Å². The maximum absolute atomic E-state index is 5.81. The predicted molar refractivity (Wildman–Crippen MR) is 71.7 cm³/mol. The summed E-state index contributed by atoms with van der Waals surface area (Å²) in [6.45, 7) is 1.60. The second-order valence-corrected chi connectivity index (χ2v) is 4.98. The van der Waals surface area contributed by atoms with Gasteiger partial charge < -0.3 is 14.5 Å².